The molecule has 0 radical (unpaired) electrons. The Morgan fingerprint density at radius 2 is 2.12 bits per heavy atom. The smallest absolute Gasteiger partial charge is 0.134 e. The second kappa shape index (κ2) is 7.03. The largest absolute Gasteiger partial charge is 0.396 e. The van der Waals surface area contributed by atoms with E-state index in [-0.39, 0.29) is 12.6 Å². The molecule has 6 nitrogen and oxygen atoms in total. The Kier molecular flexibility index (Phi) is 5.65. The van der Waals surface area contributed by atoms with Crippen LogP contribution in [0.2, 0.25) is 0 Å². The van der Waals surface area contributed by atoms with Gasteiger partial charge in [-0.25, -0.2) is 9.97 Å². The summed E-state index contributed by atoms with van der Waals surface area (Å²) in [6, 6.07) is 0.0447. The van der Waals surface area contributed by atoms with Crippen LogP contribution in [0.25, 0.3) is 0 Å². The molecular formula is C11H20N4O2. The molecule has 1 aromatic rings. The standard InChI is InChI=1S/C11H20N4O2/c1-8-10(12-2)13-7-14-11(8)15-9(4-5-16)6-17-3/h7,9,16H,4-6H2,1-3H3,(H2,12,13,14,15). The summed E-state index contributed by atoms with van der Waals surface area (Å²) in [7, 11) is 3.46. The molecule has 0 bridgehead atoms. The van der Waals surface area contributed by atoms with Gasteiger partial charge in [0.1, 0.15) is 18.0 Å². The van der Waals surface area contributed by atoms with E-state index in [9.17, 15) is 0 Å². The molecule has 1 heterocycles. The fourth-order valence-electron chi connectivity index (χ4n) is 1.60. The summed E-state index contributed by atoms with van der Waals surface area (Å²) in [5.41, 5.74) is 0.953. The number of hydrogen-bond donors (Lipinski definition) is 3. The van der Waals surface area contributed by atoms with Crippen molar-refractivity contribution in [3.05, 3.63) is 11.9 Å². The lowest BCUT2D eigenvalue weighted by Gasteiger charge is -2.19. The Hall–Kier alpha value is -1.40. The number of rotatable bonds is 7. The molecular weight excluding hydrogens is 220 g/mol. The number of aliphatic hydroxyl groups excluding tert-OH is 1. The van der Waals surface area contributed by atoms with Crippen molar-refractivity contribution in [2.24, 2.45) is 0 Å². The van der Waals surface area contributed by atoms with Gasteiger partial charge >= 0.3 is 0 Å². The highest BCUT2D eigenvalue weighted by Gasteiger charge is 2.11. The molecule has 96 valence electrons. The van der Waals surface area contributed by atoms with E-state index < -0.39 is 0 Å². The lowest BCUT2D eigenvalue weighted by molar-refractivity contribution is 0.170. The van der Waals surface area contributed by atoms with Gasteiger partial charge in [-0.3, -0.25) is 0 Å². The Morgan fingerprint density at radius 1 is 1.41 bits per heavy atom. The fourth-order valence-corrected chi connectivity index (χ4v) is 1.60. The molecule has 0 fully saturated rings. The van der Waals surface area contributed by atoms with Crippen LogP contribution < -0.4 is 10.6 Å². The summed E-state index contributed by atoms with van der Waals surface area (Å²) < 4.78 is 5.09. The molecule has 0 aliphatic carbocycles. The van der Waals surface area contributed by atoms with Gasteiger partial charge in [0.2, 0.25) is 0 Å². The van der Waals surface area contributed by atoms with Gasteiger partial charge in [0, 0.05) is 26.3 Å². The quantitative estimate of drug-likeness (QED) is 0.649. The summed E-state index contributed by atoms with van der Waals surface area (Å²) in [4.78, 5) is 8.31. The van der Waals surface area contributed by atoms with E-state index in [0.29, 0.717) is 13.0 Å². The van der Waals surface area contributed by atoms with Crippen molar-refractivity contribution in [2.75, 3.05) is 38.0 Å². The van der Waals surface area contributed by atoms with E-state index in [1.54, 1.807) is 7.11 Å². The summed E-state index contributed by atoms with van der Waals surface area (Å²) in [5, 5.41) is 15.2. The van der Waals surface area contributed by atoms with Crippen molar-refractivity contribution in [1.82, 2.24) is 9.97 Å². The molecule has 6 heteroatoms. The molecule has 0 aromatic carbocycles. The highest BCUT2D eigenvalue weighted by Crippen LogP contribution is 2.18. The monoisotopic (exact) mass is 240 g/mol. The highest BCUT2D eigenvalue weighted by molar-refractivity contribution is 5.56. The molecule has 1 unspecified atom stereocenters. The normalized spacial score (nSPS) is 12.2. The molecule has 0 spiro atoms. The number of nitrogens with one attached hydrogen (secondary N) is 2. The van der Waals surface area contributed by atoms with Gasteiger partial charge in [-0.15, -0.1) is 0 Å². The van der Waals surface area contributed by atoms with Gasteiger partial charge in [-0.1, -0.05) is 0 Å². The van der Waals surface area contributed by atoms with Crippen LogP contribution in [0.15, 0.2) is 6.33 Å². The molecule has 1 aromatic heterocycles. The number of nitrogens with zero attached hydrogens (tertiary/aromatic N) is 2. The number of hydrogen-bond acceptors (Lipinski definition) is 6. The summed E-state index contributed by atoms with van der Waals surface area (Å²) in [6.07, 6.45) is 2.12. The second-order valence-corrected chi connectivity index (χ2v) is 3.75. The van der Waals surface area contributed by atoms with E-state index in [2.05, 4.69) is 20.6 Å². The van der Waals surface area contributed by atoms with E-state index in [1.165, 1.54) is 6.33 Å². The second-order valence-electron chi connectivity index (χ2n) is 3.75. The first-order valence-electron chi connectivity index (χ1n) is 5.58. The van der Waals surface area contributed by atoms with E-state index in [4.69, 9.17) is 9.84 Å². The van der Waals surface area contributed by atoms with Crippen molar-refractivity contribution in [1.29, 1.82) is 0 Å². The lowest BCUT2D eigenvalue weighted by Crippen LogP contribution is -2.27. The van der Waals surface area contributed by atoms with Gasteiger partial charge in [0.05, 0.1) is 12.6 Å². The molecule has 1 atom stereocenters. The number of methoxy groups -OCH3 is 1. The third kappa shape index (κ3) is 3.83. The minimum atomic E-state index is 0.0447. The van der Waals surface area contributed by atoms with Gasteiger partial charge in [0.25, 0.3) is 0 Å². The zero-order valence-electron chi connectivity index (χ0n) is 10.5. The van der Waals surface area contributed by atoms with Crippen LogP contribution in [0, 0.1) is 6.92 Å². The maximum Gasteiger partial charge on any atom is 0.134 e. The van der Waals surface area contributed by atoms with E-state index in [0.717, 1.165) is 17.2 Å². The lowest BCUT2D eigenvalue weighted by atomic mass is 10.2. The van der Waals surface area contributed by atoms with Crippen LogP contribution in [0.4, 0.5) is 11.6 Å². The maximum absolute atomic E-state index is 8.97. The van der Waals surface area contributed by atoms with Crippen LogP contribution in [0.1, 0.15) is 12.0 Å². The van der Waals surface area contributed by atoms with Crippen molar-refractivity contribution >= 4 is 11.6 Å². The zero-order chi connectivity index (χ0) is 12.7. The van der Waals surface area contributed by atoms with Crippen molar-refractivity contribution in [2.45, 2.75) is 19.4 Å². The highest BCUT2D eigenvalue weighted by atomic mass is 16.5. The van der Waals surface area contributed by atoms with Gasteiger partial charge in [0.15, 0.2) is 0 Å². The first-order valence-corrected chi connectivity index (χ1v) is 5.58. The fraction of sp³-hybridized carbons (Fsp3) is 0.636. The number of aliphatic hydroxyl groups is 1. The van der Waals surface area contributed by atoms with Gasteiger partial charge in [-0.2, -0.15) is 0 Å². The van der Waals surface area contributed by atoms with Crippen molar-refractivity contribution < 1.29 is 9.84 Å². The predicted molar refractivity (Wildman–Crippen MR) is 67.3 cm³/mol. The Morgan fingerprint density at radius 3 is 2.71 bits per heavy atom. The summed E-state index contributed by atoms with van der Waals surface area (Å²) in [6.45, 7) is 2.58. The third-order valence-electron chi connectivity index (χ3n) is 2.51. The van der Waals surface area contributed by atoms with Gasteiger partial charge in [-0.05, 0) is 13.3 Å². The molecule has 0 amide bonds. The minimum absolute atomic E-state index is 0.0447. The number of anilines is 2. The SMILES string of the molecule is CNc1ncnc(NC(CCO)COC)c1C. The van der Waals surface area contributed by atoms with Crippen molar-refractivity contribution in [3.8, 4) is 0 Å². The van der Waals surface area contributed by atoms with Crippen LogP contribution in [0.5, 0.6) is 0 Å². The zero-order valence-corrected chi connectivity index (χ0v) is 10.5. The minimum Gasteiger partial charge on any atom is -0.396 e. The van der Waals surface area contributed by atoms with E-state index in [1.807, 2.05) is 14.0 Å². The van der Waals surface area contributed by atoms with Crippen LogP contribution in [-0.2, 0) is 4.74 Å². The third-order valence-corrected chi connectivity index (χ3v) is 2.51. The van der Waals surface area contributed by atoms with Crippen LogP contribution >= 0.6 is 0 Å². The molecule has 0 saturated carbocycles. The topological polar surface area (TPSA) is 79.3 Å². The number of ether oxygens (including phenoxy) is 1. The first kappa shape index (κ1) is 13.7. The molecule has 3 N–H and O–H groups in total. The van der Waals surface area contributed by atoms with E-state index >= 15 is 0 Å². The number of aromatic nitrogens is 2. The Bertz CT molecular complexity index is 340. The van der Waals surface area contributed by atoms with Gasteiger partial charge < -0.3 is 20.5 Å². The van der Waals surface area contributed by atoms with Crippen molar-refractivity contribution in [3.63, 3.8) is 0 Å². The maximum atomic E-state index is 8.97. The molecule has 0 aliphatic heterocycles. The molecule has 1 rings (SSSR count). The Balaban J connectivity index is 2.77. The summed E-state index contributed by atoms with van der Waals surface area (Å²) >= 11 is 0. The average Bonchev–Trinajstić information content (AvgIpc) is 2.32. The van der Waals surface area contributed by atoms with Crippen LogP contribution in [0.3, 0.4) is 0 Å². The van der Waals surface area contributed by atoms with Crippen LogP contribution in [-0.4, -0.2) is 48.5 Å². The Labute approximate surface area is 101 Å². The predicted octanol–water partition coefficient (Wildman–Crippen LogP) is 0.636. The first-order chi connectivity index (χ1) is 8.22. The molecule has 0 saturated heterocycles. The summed E-state index contributed by atoms with van der Waals surface area (Å²) in [5.74, 6) is 1.56. The molecule has 17 heavy (non-hydrogen) atoms. The molecule has 0 aliphatic rings. The average molecular weight is 240 g/mol.